The van der Waals surface area contributed by atoms with Gasteiger partial charge in [0.2, 0.25) is 5.88 Å². The van der Waals surface area contributed by atoms with Gasteiger partial charge in [0, 0.05) is 23.0 Å². The molecule has 2 heterocycles. The first-order valence-electron chi connectivity index (χ1n) is 8.28. The number of anilines is 2. The number of nitrogens with one attached hydrogen (secondary N) is 1. The second-order valence-corrected chi connectivity index (χ2v) is 6.69. The molecule has 26 heavy (non-hydrogen) atoms. The SMILES string of the molecule is CCOc1ccc(Nc2nc(O)c(C=C3C=Nc4ccccc43)s2)cc1. The van der Waals surface area contributed by atoms with E-state index >= 15 is 0 Å². The number of hydrogen-bond acceptors (Lipinski definition) is 6. The predicted octanol–water partition coefficient (Wildman–Crippen LogP) is 5.25. The number of rotatable bonds is 5. The van der Waals surface area contributed by atoms with Gasteiger partial charge in [0.25, 0.3) is 0 Å². The van der Waals surface area contributed by atoms with E-state index in [1.807, 2.05) is 67.7 Å². The molecule has 2 N–H and O–H groups in total. The second kappa shape index (κ2) is 7.01. The molecule has 3 aromatic rings. The summed E-state index contributed by atoms with van der Waals surface area (Å²) in [7, 11) is 0. The molecule has 1 aromatic heterocycles. The number of allylic oxidation sites excluding steroid dienone is 1. The fourth-order valence-corrected chi connectivity index (χ4v) is 3.52. The van der Waals surface area contributed by atoms with Crippen LogP contribution in [0.4, 0.5) is 16.5 Å². The summed E-state index contributed by atoms with van der Waals surface area (Å²) < 4.78 is 5.44. The highest BCUT2D eigenvalue weighted by atomic mass is 32.1. The van der Waals surface area contributed by atoms with Gasteiger partial charge < -0.3 is 15.2 Å². The van der Waals surface area contributed by atoms with E-state index in [-0.39, 0.29) is 5.88 Å². The summed E-state index contributed by atoms with van der Waals surface area (Å²) in [6.07, 6.45) is 3.72. The number of thiazole rings is 1. The van der Waals surface area contributed by atoms with Crippen LogP contribution in [0.5, 0.6) is 11.6 Å². The van der Waals surface area contributed by atoms with Crippen LogP contribution in [-0.2, 0) is 0 Å². The Bertz CT molecular complexity index is 991. The van der Waals surface area contributed by atoms with Crippen LogP contribution in [0.25, 0.3) is 11.6 Å². The summed E-state index contributed by atoms with van der Waals surface area (Å²) in [5, 5.41) is 14.0. The van der Waals surface area contributed by atoms with Crippen LogP contribution in [0.15, 0.2) is 53.5 Å². The molecule has 0 saturated heterocycles. The van der Waals surface area contributed by atoms with Crippen molar-refractivity contribution in [1.82, 2.24) is 4.98 Å². The Morgan fingerprint density at radius 3 is 2.77 bits per heavy atom. The van der Waals surface area contributed by atoms with Gasteiger partial charge in [0.05, 0.1) is 17.2 Å². The van der Waals surface area contributed by atoms with Crippen molar-refractivity contribution >= 4 is 45.7 Å². The third kappa shape index (κ3) is 3.32. The van der Waals surface area contributed by atoms with Crippen LogP contribution in [0.1, 0.15) is 17.4 Å². The summed E-state index contributed by atoms with van der Waals surface area (Å²) in [4.78, 5) is 9.28. The smallest absolute Gasteiger partial charge is 0.231 e. The van der Waals surface area contributed by atoms with Crippen molar-refractivity contribution in [1.29, 1.82) is 0 Å². The summed E-state index contributed by atoms with van der Waals surface area (Å²) in [5.74, 6) is 0.832. The maximum atomic E-state index is 10.2. The molecule has 6 heteroatoms. The molecule has 1 aliphatic rings. The average Bonchev–Trinajstić information content (AvgIpc) is 3.21. The van der Waals surface area contributed by atoms with Crippen LogP contribution in [-0.4, -0.2) is 22.9 Å². The summed E-state index contributed by atoms with van der Waals surface area (Å²) in [6, 6.07) is 15.6. The van der Waals surface area contributed by atoms with Gasteiger partial charge >= 0.3 is 0 Å². The number of hydrogen-bond donors (Lipinski definition) is 2. The van der Waals surface area contributed by atoms with Crippen molar-refractivity contribution in [2.24, 2.45) is 4.99 Å². The molecule has 1 aliphatic heterocycles. The summed E-state index contributed by atoms with van der Waals surface area (Å²) >= 11 is 1.39. The predicted molar refractivity (Wildman–Crippen MR) is 107 cm³/mol. The minimum atomic E-state index is 0.00807. The Labute approximate surface area is 155 Å². The lowest BCUT2D eigenvalue weighted by Gasteiger charge is -2.05. The minimum Gasteiger partial charge on any atom is -0.494 e. The van der Waals surface area contributed by atoms with Gasteiger partial charge in [-0.2, -0.15) is 4.98 Å². The van der Waals surface area contributed by atoms with Crippen molar-refractivity contribution in [3.8, 4) is 11.6 Å². The van der Waals surface area contributed by atoms with Gasteiger partial charge in [-0.1, -0.05) is 29.5 Å². The van der Waals surface area contributed by atoms with Crippen LogP contribution < -0.4 is 10.1 Å². The number of nitrogens with zero attached hydrogens (tertiary/aromatic N) is 2. The first-order chi connectivity index (χ1) is 12.7. The molecule has 0 fully saturated rings. The zero-order valence-electron chi connectivity index (χ0n) is 14.1. The zero-order chi connectivity index (χ0) is 17.9. The van der Waals surface area contributed by atoms with Crippen molar-refractivity contribution in [3.05, 3.63) is 59.0 Å². The highest BCUT2D eigenvalue weighted by Crippen LogP contribution is 2.37. The number of fused-ring (bicyclic) bond motifs is 1. The molecule has 0 amide bonds. The van der Waals surface area contributed by atoms with E-state index in [2.05, 4.69) is 15.3 Å². The molecule has 0 bridgehead atoms. The van der Waals surface area contributed by atoms with Crippen LogP contribution in [0.2, 0.25) is 0 Å². The Kier molecular flexibility index (Phi) is 4.41. The number of aromatic hydroxyl groups is 1. The van der Waals surface area contributed by atoms with Gasteiger partial charge in [-0.3, -0.25) is 4.99 Å². The summed E-state index contributed by atoms with van der Waals surface area (Å²) in [6.45, 7) is 2.59. The fraction of sp³-hybridized carbons (Fsp3) is 0.100. The Morgan fingerprint density at radius 1 is 1.15 bits per heavy atom. The molecule has 0 spiro atoms. The van der Waals surface area contributed by atoms with Crippen LogP contribution in [0.3, 0.4) is 0 Å². The quantitative estimate of drug-likeness (QED) is 0.650. The largest absolute Gasteiger partial charge is 0.494 e. The lowest BCUT2D eigenvalue weighted by molar-refractivity contribution is 0.340. The average molecular weight is 363 g/mol. The summed E-state index contributed by atoms with van der Waals surface area (Å²) in [5.41, 5.74) is 3.85. The highest BCUT2D eigenvalue weighted by Gasteiger charge is 2.14. The van der Waals surface area contributed by atoms with Crippen molar-refractivity contribution in [2.75, 3.05) is 11.9 Å². The number of ether oxygens (including phenoxy) is 1. The molecule has 0 atom stereocenters. The van der Waals surface area contributed by atoms with Gasteiger partial charge in [0.1, 0.15) is 5.75 Å². The Balaban J connectivity index is 1.55. The molecular weight excluding hydrogens is 346 g/mol. The molecule has 4 rings (SSSR count). The minimum absolute atomic E-state index is 0.00807. The monoisotopic (exact) mass is 363 g/mol. The van der Waals surface area contributed by atoms with Gasteiger partial charge in [-0.15, -0.1) is 0 Å². The van der Waals surface area contributed by atoms with E-state index in [0.717, 1.165) is 28.3 Å². The highest BCUT2D eigenvalue weighted by molar-refractivity contribution is 7.16. The van der Waals surface area contributed by atoms with Crippen LogP contribution >= 0.6 is 11.3 Å². The molecule has 0 unspecified atom stereocenters. The maximum absolute atomic E-state index is 10.2. The maximum Gasteiger partial charge on any atom is 0.231 e. The van der Waals surface area contributed by atoms with Crippen LogP contribution in [0, 0.1) is 0 Å². The number of benzene rings is 2. The zero-order valence-corrected chi connectivity index (χ0v) is 15.0. The molecule has 0 aliphatic carbocycles. The number of aliphatic imine (C=N–C) groups is 1. The second-order valence-electron chi connectivity index (χ2n) is 5.66. The van der Waals surface area contributed by atoms with Crippen molar-refractivity contribution in [2.45, 2.75) is 6.92 Å². The van der Waals surface area contributed by atoms with Gasteiger partial charge in [0.15, 0.2) is 5.13 Å². The third-order valence-corrected chi connectivity index (χ3v) is 4.80. The molecule has 130 valence electrons. The van der Waals surface area contributed by atoms with Crippen molar-refractivity contribution in [3.63, 3.8) is 0 Å². The lowest BCUT2D eigenvalue weighted by atomic mass is 10.1. The van der Waals surface area contributed by atoms with E-state index in [0.29, 0.717) is 16.6 Å². The van der Waals surface area contributed by atoms with E-state index in [4.69, 9.17) is 4.74 Å². The number of aromatic nitrogens is 1. The first-order valence-corrected chi connectivity index (χ1v) is 9.09. The normalized spacial score (nSPS) is 13.8. The van der Waals surface area contributed by atoms with E-state index in [9.17, 15) is 5.11 Å². The standard InChI is InChI=1S/C20H17N3O2S/c1-2-25-15-9-7-14(8-10-15)22-20-23-19(24)18(26-20)11-13-12-21-17-6-4-3-5-16(13)17/h3-12,24H,2H2,1H3,(H,22,23). The molecule has 2 aromatic carbocycles. The molecule has 5 nitrogen and oxygen atoms in total. The van der Waals surface area contributed by atoms with Gasteiger partial charge in [-0.05, 0) is 43.3 Å². The fourth-order valence-electron chi connectivity index (χ4n) is 2.69. The first kappa shape index (κ1) is 16.4. The van der Waals surface area contributed by atoms with E-state index < -0.39 is 0 Å². The molecule has 0 saturated carbocycles. The Morgan fingerprint density at radius 2 is 1.96 bits per heavy atom. The van der Waals surface area contributed by atoms with Gasteiger partial charge in [-0.25, -0.2) is 0 Å². The molecular formula is C20H17N3O2S. The lowest BCUT2D eigenvalue weighted by Crippen LogP contribution is -1.92. The van der Waals surface area contributed by atoms with E-state index in [1.165, 1.54) is 11.3 Å². The Hall–Kier alpha value is -3.12. The van der Waals surface area contributed by atoms with E-state index in [1.54, 1.807) is 0 Å². The topological polar surface area (TPSA) is 66.7 Å². The third-order valence-electron chi connectivity index (χ3n) is 3.90. The van der Waals surface area contributed by atoms with Crippen molar-refractivity contribution < 1.29 is 9.84 Å². The molecule has 0 radical (unpaired) electrons. The number of para-hydroxylation sites is 1.